The van der Waals surface area contributed by atoms with Gasteiger partial charge in [-0.15, -0.1) is 11.3 Å². The maximum absolute atomic E-state index is 12.9. The van der Waals surface area contributed by atoms with Crippen LogP contribution in [0.1, 0.15) is 29.4 Å². The van der Waals surface area contributed by atoms with Crippen molar-refractivity contribution in [3.05, 3.63) is 10.3 Å². The lowest BCUT2D eigenvalue weighted by Gasteiger charge is -2.19. The van der Waals surface area contributed by atoms with Gasteiger partial charge in [-0.2, -0.15) is 0 Å². The van der Waals surface area contributed by atoms with Crippen molar-refractivity contribution in [2.45, 2.75) is 25.8 Å². The minimum Gasteiger partial charge on any atom is -0.485 e. The van der Waals surface area contributed by atoms with E-state index in [9.17, 15) is 13.2 Å². The largest absolute Gasteiger partial charge is 0.485 e. The van der Waals surface area contributed by atoms with Crippen molar-refractivity contribution >= 4 is 27.3 Å². The summed E-state index contributed by atoms with van der Waals surface area (Å²) >= 11 is 1.31. The van der Waals surface area contributed by atoms with Crippen LogP contribution in [0.4, 0.5) is 0 Å². The van der Waals surface area contributed by atoms with Gasteiger partial charge in [0.2, 0.25) is 10.0 Å². The molecule has 24 heavy (non-hydrogen) atoms. The Bertz CT molecular complexity index is 715. The number of sulfonamides is 1. The maximum atomic E-state index is 12.9. The second-order valence-corrected chi connectivity index (χ2v) is 8.87. The minimum atomic E-state index is -3.31. The van der Waals surface area contributed by atoms with Crippen LogP contribution in [-0.4, -0.2) is 57.8 Å². The van der Waals surface area contributed by atoms with Gasteiger partial charge >= 0.3 is 0 Å². The Morgan fingerprint density at radius 3 is 2.83 bits per heavy atom. The molecule has 134 valence electrons. The first-order valence-corrected chi connectivity index (χ1v) is 10.8. The van der Waals surface area contributed by atoms with Gasteiger partial charge in [0.25, 0.3) is 5.91 Å². The Morgan fingerprint density at radius 2 is 2.12 bits per heavy atom. The molecule has 3 heterocycles. The predicted molar refractivity (Wildman–Crippen MR) is 91.4 cm³/mol. The molecule has 1 fully saturated rings. The first-order valence-electron chi connectivity index (χ1n) is 8.02. The van der Waals surface area contributed by atoms with Gasteiger partial charge in [0.1, 0.15) is 18.1 Å². The standard InChI is InChI=1S/C15H22N2O5S2/c1-3-4-10-7-17(8-11(10)16-24(2,19)20)15(18)14-13-12(9-23-14)21-5-6-22-13/h9-11,16H,3-8H2,1-2H3/t10-,11-/m0/s1. The lowest BCUT2D eigenvalue weighted by Crippen LogP contribution is -2.40. The smallest absolute Gasteiger partial charge is 0.267 e. The summed E-state index contributed by atoms with van der Waals surface area (Å²) < 4.78 is 36.9. The summed E-state index contributed by atoms with van der Waals surface area (Å²) in [6.45, 7) is 3.90. The van der Waals surface area contributed by atoms with Crippen molar-refractivity contribution in [3.8, 4) is 11.5 Å². The van der Waals surface area contributed by atoms with Crippen molar-refractivity contribution in [2.75, 3.05) is 32.6 Å². The fourth-order valence-electron chi connectivity index (χ4n) is 3.26. The molecule has 0 saturated carbocycles. The molecule has 0 bridgehead atoms. The highest BCUT2D eigenvalue weighted by Crippen LogP contribution is 2.40. The Labute approximate surface area is 146 Å². The fraction of sp³-hybridized carbons (Fsp3) is 0.667. The van der Waals surface area contributed by atoms with Crippen LogP contribution in [0.15, 0.2) is 5.38 Å². The number of likely N-dealkylation sites (tertiary alicyclic amines) is 1. The van der Waals surface area contributed by atoms with Gasteiger partial charge in [0, 0.05) is 24.5 Å². The van der Waals surface area contributed by atoms with Gasteiger partial charge in [-0.05, 0) is 12.3 Å². The van der Waals surface area contributed by atoms with Gasteiger partial charge in [-0.25, -0.2) is 13.1 Å². The van der Waals surface area contributed by atoms with Gasteiger partial charge in [-0.1, -0.05) is 13.3 Å². The SMILES string of the molecule is CCC[C@H]1CN(C(=O)c2scc3c2OCCO3)C[C@@H]1NS(C)(=O)=O. The zero-order chi connectivity index (χ0) is 17.3. The summed E-state index contributed by atoms with van der Waals surface area (Å²) in [5, 5.41) is 1.79. The number of hydrogen-bond donors (Lipinski definition) is 1. The lowest BCUT2D eigenvalue weighted by molar-refractivity contribution is 0.0781. The molecule has 0 aromatic carbocycles. The number of rotatable bonds is 5. The van der Waals surface area contributed by atoms with E-state index in [1.54, 1.807) is 10.3 Å². The number of carbonyl (C=O) groups is 1. The van der Waals surface area contributed by atoms with E-state index in [1.165, 1.54) is 11.3 Å². The van der Waals surface area contributed by atoms with Crippen molar-refractivity contribution in [3.63, 3.8) is 0 Å². The number of amides is 1. The van der Waals surface area contributed by atoms with E-state index in [2.05, 4.69) is 11.6 Å². The highest BCUT2D eigenvalue weighted by atomic mass is 32.2. The summed E-state index contributed by atoms with van der Waals surface area (Å²) in [7, 11) is -3.31. The van der Waals surface area contributed by atoms with E-state index >= 15 is 0 Å². The van der Waals surface area contributed by atoms with Gasteiger partial charge in [-0.3, -0.25) is 4.79 Å². The number of nitrogens with zero attached hydrogens (tertiary/aromatic N) is 1. The lowest BCUT2D eigenvalue weighted by atomic mass is 9.99. The number of fused-ring (bicyclic) bond motifs is 1. The van der Waals surface area contributed by atoms with Crippen LogP contribution in [-0.2, 0) is 10.0 Å². The van der Waals surface area contributed by atoms with E-state index < -0.39 is 10.0 Å². The molecule has 0 aliphatic carbocycles. The molecule has 2 aliphatic rings. The first-order chi connectivity index (χ1) is 11.4. The Kier molecular flexibility index (Phi) is 5.03. The minimum absolute atomic E-state index is 0.120. The Balaban J connectivity index is 1.77. The molecule has 0 radical (unpaired) electrons. The maximum Gasteiger partial charge on any atom is 0.267 e. The zero-order valence-electron chi connectivity index (χ0n) is 13.8. The molecule has 2 atom stereocenters. The van der Waals surface area contributed by atoms with E-state index in [0.717, 1.165) is 19.1 Å². The molecule has 1 saturated heterocycles. The second kappa shape index (κ2) is 6.89. The number of ether oxygens (including phenoxy) is 2. The topological polar surface area (TPSA) is 84.9 Å². The molecule has 1 N–H and O–H groups in total. The third-order valence-electron chi connectivity index (χ3n) is 4.25. The second-order valence-electron chi connectivity index (χ2n) is 6.21. The third-order valence-corrected chi connectivity index (χ3v) is 5.91. The third kappa shape index (κ3) is 3.68. The molecule has 2 aliphatic heterocycles. The van der Waals surface area contributed by atoms with Crippen molar-refractivity contribution in [1.29, 1.82) is 0 Å². The van der Waals surface area contributed by atoms with Crippen LogP contribution in [0.2, 0.25) is 0 Å². The number of thiophene rings is 1. The van der Waals surface area contributed by atoms with Crippen LogP contribution >= 0.6 is 11.3 Å². The summed E-state index contributed by atoms with van der Waals surface area (Å²) in [5.74, 6) is 1.14. The van der Waals surface area contributed by atoms with Crippen molar-refractivity contribution < 1.29 is 22.7 Å². The van der Waals surface area contributed by atoms with Crippen LogP contribution in [0.5, 0.6) is 11.5 Å². The zero-order valence-corrected chi connectivity index (χ0v) is 15.4. The van der Waals surface area contributed by atoms with E-state index in [0.29, 0.717) is 42.7 Å². The summed E-state index contributed by atoms with van der Waals surface area (Å²) in [5.41, 5.74) is 0. The van der Waals surface area contributed by atoms with Gasteiger partial charge in [0.05, 0.1) is 6.26 Å². The van der Waals surface area contributed by atoms with Crippen LogP contribution in [0.3, 0.4) is 0 Å². The van der Waals surface area contributed by atoms with Gasteiger partial charge in [0.15, 0.2) is 11.5 Å². The molecular formula is C15H22N2O5S2. The van der Waals surface area contributed by atoms with E-state index in [4.69, 9.17) is 9.47 Å². The van der Waals surface area contributed by atoms with Crippen molar-refractivity contribution in [1.82, 2.24) is 9.62 Å². The average Bonchev–Trinajstić information content (AvgIpc) is 3.10. The molecule has 7 nitrogen and oxygen atoms in total. The van der Waals surface area contributed by atoms with Crippen molar-refractivity contribution in [2.24, 2.45) is 5.92 Å². The summed E-state index contributed by atoms with van der Waals surface area (Å²) in [6.07, 6.45) is 2.97. The van der Waals surface area contributed by atoms with E-state index in [-0.39, 0.29) is 17.9 Å². The monoisotopic (exact) mass is 374 g/mol. The number of hydrogen-bond acceptors (Lipinski definition) is 6. The predicted octanol–water partition coefficient (Wildman–Crippen LogP) is 1.31. The fourth-order valence-corrected chi connectivity index (χ4v) is 4.98. The Hall–Kier alpha value is -1.32. The molecule has 0 spiro atoms. The summed E-state index contributed by atoms with van der Waals surface area (Å²) in [6, 6.07) is -0.239. The Morgan fingerprint density at radius 1 is 1.38 bits per heavy atom. The quantitative estimate of drug-likeness (QED) is 0.840. The molecule has 3 rings (SSSR count). The normalized spacial score (nSPS) is 23.5. The average molecular weight is 374 g/mol. The van der Waals surface area contributed by atoms with E-state index in [1.807, 2.05) is 0 Å². The first kappa shape index (κ1) is 17.5. The van der Waals surface area contributed by atoms with Crippen LogP contribution in [0, 0.1) is 5.92 Å². The highest BCUT2D eigenvalue weighted by Gasteiger charge is 2.38. The molecule has 1 aromatic rings. The van der Waals surface area contributed by atoms with Crippen LogP contribution < -0.4 is 14.2 Å². The van der Waals surface area contributed by atoms with Gasteiger partial charge < -0.3 is 14.4 Å². The van der Waals surface area contributed by atoms with Crippen LogP contribution in [0.25, 0.3) is 0 Å². The molecule has 1 amide bonds. The molecular weight excluding hydrogens is 352 g/mol. The molecule has 1 aromatic heterocycles. The molecule has 9 heteroatoms. The highest BCUT2D eigenvalue weighted by molar-refractivity contribution is 7.88. The number of carbonyl (C=O) groups excluding carboxylic acids is 1. The molecule has 0 unspecified atom stereocenters. The number of nitrogens with one attached hydrogen (secondary N) is 1. The summed E-state index contributed by atoms with van der Waals surface area (Å²) in [4.78, 5) is 15.1.